The molecule has 0 fully saturated rings. The van der Waals surface area contributed by atoms with Crippen molar-refractivity contribution in [2.24, 2.45) is 0 Å². The van der Waals surface area contributed by atoms with Gasteiger partial charge in [-0.3, -0.25) is 0 Å². The molecule has 0 unspecified atom stereocenters. The van der Waals surface area contributed by atoms with Gasteiger partial charge in [-0.1, -0.05) is 31.0 Å². The molecule has 0 spiro atoms. The topological polar surface area (TPSA) is 63.8 Å². The van der Waals surface area contributed by atoms with Crippen LogP contribution in [0.5, 0.6) is 0 Å². The molecule has 0 amide bonds. The van der Waals surface area contributed by atoms with Crippen molar-refractivity contribution in [3.05, 3.63) is 41.2 Å². The first kappa shape index (κ1) is 13.3. The molecule has 0 aliphatic rings. The van der Waals surface area contributed by atoms with Crippen molar-refractivity contribution in [1.82, 2.24) is 9.97 Å². The lowest BCUT2D eigenvalue weighted by Gasteiger charge is -2.13. The minimum Gasteiger partial charge on any atom is -0.383 e. The molecule has 4 nitrogen and oxygen atoms in total. The van der Waals surface area contributed by atoms with Crippen molar-refractivity contribution in [3.8, 4) is 0 Å². The van der Waals surface area contributed by atoms with Crippen LogP contribution in [0, 0.1) is 13.8 Å². The molecule has 2 aromatic rings. The summed E-state index contributed by atoms with van der Waals surface area (Å²) in [6.07, 6.45) is 3.39. The number of nitrogens with two attached hydrogens (primary N) is 1. The molecule has 0 saturated carbocycles. The molecule has 0 aliphatic heterocycles. The molecular formula is C15H20N4. The monoisotopic (exact) mass is 256 g/mol. The third kappa shape index (κ3) is 3.02. The van der Waals surface area contributed by atoms with Gasteiger partial charge in [-0.25, -0.2) is 9.97 Å². The van der Waals surface area contributed by atoms with Gasteiger partial charge in [-0.05, 0) is 31.9 Å². The first-order valence-electron chi connectivity index (χ1n) is 6.55. The summed E-state index contributed by atoms with van der Waals surface area (Å²) in [6.45, 7) is 6.29. The molecule has 2 rings (SSSR count). The second-order valence-electron chi connectivity index (χ2n) is 4.78. The molecule has 0 atom stereocenters. The molecule has 1 aromatic heterocycles. The summed E-state index contributed by atoms with van der Waals surface area (Å²) < 4.78 is 0. The van der Waals surface area contributed by atoms with Crippen LogP contribution in [0.25, 0.3) is 0 Å². The average molecular weight is 256 g/mol. The zero-order chi connectivity index (χ0) is 13.8. The summed E-state index contributed by atoms with van der Waals surface area (Å²) >= 11 is 0. The summed E-state index contributed by atoms with van der Waals surface area (Å²) in [5.74, 6) is 1.37. The third-order valence-corrected chi connectivity index (χ3v) is 3.11. The fourth-order valence-corrected chi connectivity index (χ4v) is 2.11. The first-order valence-corrected chi connectivity index (χ1v) is 6.55. The first-order chi connectivity index (χ1) is 9.11. The SMILES string of the molecule is CCCc1c(N)ncnc1Nc1ccc(C)cc1C. The minimum atomic E-state index is 0.559. The highest BCUT2D eigenvalue weighted by Gasteiger charge is 2.09. The number of hydrogen-bond acceptors (Lipinski definition) is 4. The molecule has 0 bridgehead atoms. The summed E-state index contributed by atoms with van der Waals surface area (Å²) in [5, 5.41) is 3.36. The smallest absolute Gasteiger partial charge is 0.139 e. The van der Waals surface area contributed by atoms with Crippen LogP contribution < -0.4 is 11.1 Å². The predicted octanol–water partition coefficient (Wildman–Crippen LogP) is 3.37. The van der Waals surface area contributed by atoms with E-state index in [2.05, 4.69) is 54.3 Å². The Bertz CT molecular complexity index is 578. The lowest BCUT2D eigenvalue weighted by Crippen LogP contribution is -2.05. The van der Waals surface area contributed by atoms with E-state index in [1.807, 2.05) is 0 Å². The Morgan fingerprint density at radius 2 is 2.00 bits per heavy atom. The van der Waals surface area contributed by atoms with Crippen LogP contribution in [-0.4, -0.2) is 9.97 Å². The van der Waals surface area contributed by atoms with Gasteiger partial charge in [0.2, 0.25) is 0 Å². The van der Waals surface area contributed by atoms with E-state index >= 15 is 0 Å². The van der Waals surface area contributed by atoms with Gasteiger partial charge in [0, 0.05) is 11.3 Å². The van der Waals surface area contributed by atoms with Crippen LogP contribution >= 0.6 is 0 Å². The Morgan fingerprint density at radius 3 is 2.68 bits per heavy atom. The van der Waals surface area contributed by atoms with E-state index in [0.717, 1.165) is 29.9 Å². The van der Waals surface area contributed by atoms with Gasteiger partial charge in [0.1, 0.15) is 18.0 Å². The number of hydrogen-bond donors (Lipinski definition) is 2. The summed E-state index contributed by atoms with van der Waals surface area (Å²) in [6, 6.07) is 6.30. The van der Waals surface area contributed by atoms with E-state index < -0.39 is 0 Å². The second kappa shape index (κ2) is 5.69. The lowest BCUT2D eigenvalue weighted by molar-refractivity contribution is 0.908. The Morgan fingerprint density at radius 1 is 1.21 bits per heavy atom. The Labute approximate surface area is 114 Å². The van der Waals surface area contributed by atoms with Gasteiger partial charge in [-0.2, -0.15) is 0 Å². The Kier molecular flexibility index (Phi) is 4.00. The highest BCUT2D eigenvalue weighted by atomic mass is 15.0. The predicted molar refractivity (Wildman–Crippen MR) is 79.6 cm³/mol. The number of nitrogens with zero attached hydrogens (tertiary/aromatic N) is 2. The van der Waals surface area contributed by atoms with Crippen LogP contribution in [0.2, 0.25) is 0 Å². The Balaban J connectivity index is 2.35. The number of aromatic nitrogens is 2. The van der Waals surface area contributed by atoms with Crippen molar-refractivity contribution < 1.29 is 0 Å². The fourth-order valence-electron chi connectivity index (χ4n) is 2.11. The maximum Gasteiger partial charge on any atom is 0.139 e. The highest BCUT2D eigenvalue weighted by molar-refractivity contribution is 5.66. The average Bonchev–Trinajstić information content (AvgIpc) is 2.37. The molecule has 19 heavy (non-hydrogen) atoms. The second-order valence-corrected chi connectivity index (χ2v) is 4.78. The van der Waals surface area contributed by atoms with Gasteiger partial charge in [-0.15, -0.1) is 0 Å². The minimum absolute atomic E-state index is 0.559. The van der Waals surface area contributed by atoms with E-state index in [1.54, 1.807) is 0 Å². The number of rotatable bonds is 4. The summed E-state index contributed by atoms with van der Waals surface area (Å²) in [7, 11) is 0. The molecule has 0 saturated heterocycles. The molecule has 4 heteroatoms. The number of nitrogen functional groups attached to an aromatic ring is 1. The molecule has 1 aromatic carbocycles. The van der Waals surface area contributed by atoms with E-state index in [-0.39, 0.29) is 0 Å². The largest absolute Gasteiger partial charge is 0.383 e. The van der Waals surface area contributed by atoms with E-state index in [9.17, 15) is 0 Å². The van der Waals surface area contributed by atoms with Gasteiger partial charge in [0.05, 0.1) is 0 Å². The summed E-state index contributed by atoms with van der Waals surface area (Å²) in [4.78, 5) is 8.38. The number of aryl methyl sites for hydroxylation is 2. The van der Waals surface area contributed by atoms with Crippen LogP contribution in [-0.2, 0) is 6.42 Å². The van der Waals surface area contributed by atoms with Gasteiger partial charge in [0.25, 0.3) is 0 Å². The lowest BCUT2D eigenvalue weighted by atomic mass is 10.1. The van der Waals surface area contributed by atoms with Gasteiger partial charge >= 0.3 is 0 Å². The van der Waals surface area contributed by atoms with Crippen LogP contribution in [0.4, 0.5) is 17.3 Å². The molecule has 100 valence electrons. The molecule has 1 heterocycles. The highest BCUT2D eigenvalue weighted by Crippen LogP contribution is 2.25. The fraction of sp³-hybridized carbons (Fsp3) is 0.333. The molecule has 3 N–H and O–H groups in total. The maximum absolute atomic E-state index is 5.93. The van der Waals surface area contributed by atoms with Gasteiger partial charge in [0.15, 0.2) is 0 Å². The van der Waals surface area contributed by atoms with E-state index in [0.29, 0.717) is 5.82 Å². The normalized spacial score (nSPS) is 10.5. The number of benzene rings is 1. The van der Waals surface area contributed by atoms with Crippen molar-refractivity contribution in [2.75, 3.05) is 11.1 Å². The van der Waals surface area contributed by atoms with Gasteiger partial charge < -0.3 is 11.1 Å². The molecule has 0 radical (unpaired) electrons. The van der Waals surface area contributed by atoms with Crippen molar-refractivity contribution in [1.29, 1.82) is 0 Å². The quantitative estimate of drug-likeness (QED) is 0.880. The van der Waals surface area contributed by atoms with Crippen molar-refractivity contribution in [3.63, 3.8) is 0 Å². The van der Waals surface area contributed by atoms with E-state index in [1.165, 1.54) is 17.5 Å². The van der Waals surface area contributed by atoms with Crippen LogP contribution in [0.15, 0.2) is 24.5 Å². The van der Waals surface area contributed by atoms with Crippen LogP contribution in [0.3, 0.4) is 0 Å². The maximum atomic E-state index is 5.93. The van der Waals surface area contributed by atoms with Crippen molar-refractivity contribution >= 4 is 17.3 Å². The Hall–Kier alpha value is -2.10. The van der Waals surface area contributed by atoms with Crippen molar-refractivity contribution in [2.45, 2.75) is 33.6 Å². The molecule has 0 aliphatic carbocycles. The third-order valence-electron chi connectivity index (χ3n) is 3.11. The van der Waals surface area contributed by atoms with Crippen LogP contribution in [0.1, 0.15) is 30.0 Å². The summed E-state index contributed by atoms with van der Waals surface area (Å²) in [5.41, 5.74) is 10.4. The zero-order valence-electron chi connectivity index (χ0n) is 11.7. The number of nitrogens with one attached hydrogen (secondary N) is 1. The zero-order valence-corrected chi connectivity index (χ0v) is 11.7. The van der Waals surface area contributed by atoms with E-state index in [4.69, 9.17) is 5.73 Å². The number of anilines is 3. The molecular weight excluding hydrogens is 236 g/mol. The standard InChI is InChI=1S/C15H20N4/c1-4-5-12-14(16)17-9-18-15(12)19-13-7-6-10(2)8-11(13)3/h6-9H,4-5H2,1-3H3,(H3,16,17,18,19).